The van der Waals surface area contributed by atoms with Gasteiger partial charge in [0.15, 0.2) is 11.5 Å². The van der Waals surface area contributed by atoms with E-state index in [1.54, 1.807) is 0 Å². The van der Waals surface area contributed by atoms with E-state index in [4.69, 9.17) is 9.84 Å². The van der Waals surface area contributed by atoms with Crippen molar-refractivity contribution in [2.45, 2.75) is 25.2 Å². The third-order valence-corrected chi connectivity index (χ3v) is 4.57. The zero-order valence-electron chi connectivity index (χ0n) is 14.0. The molecule has 0 radical (unpaired) electrons. The molecule has 3 aromatic rings. The van der Waals surface area contributed by atoms with Gasteiger partial charge in [-0.25, -0.2) is 18.6 Å². The smallest absolute Gasteiger partial charge is 0.336 e. The Balaban J connectivity index is 1.76. The van der Waals surface area contributed by atoms with Crippen molar-refractivity contribution in [1.29, 1.82) is 0 Å². The van der Waals surface area contributed by atoms with E-state index in [1.165, 1.54) is 30.5 Å². The fourth-order valence-electron chi connectivity index (χ4n) is 3.18. The van der Waals surface area contributed by atoms with Gasteiger partial charge in [-0.3, -0.25) is 14.7 Å². The highest BCUT2D eigenvalue weighted by Crippen LogP contribution is 2.28. The number of halogens is 1. The van der Waals surface area contributed by atoms with Crippen LogP contribution in [0.25, 0.3) is 16.9 Å². The van der Waals surface area contributed by atoms with Crippen LogP contribution in [0.15, 0.2) is 41.5 Å². The number of rotatable bonds is 4. The second-order valence-electron chi connectivity index (χ2n) is 6.26. The predicted molar refractivity (Wildman–Crippen MR) is 91.7 cm³/mol. The molecule has 0 spiro atoms. The summed E-state index contributed by atoms with van der Waals surface area (Å²) in [5.41, 5.74) is 0.108. The summed E-state index contributed by atoms with van der Waals surface area (Å²) in [5.74, 6) is -0.696. The average molecular weight is 374 g/mol. The zero-order chi connectivity index (χ0) is 19.1. The molecular formula is C17H15FN4O5. The van der Waals surface area contributed by atoms with E-state index in [1.807, 2.05) is 0 Å². The number of aliphatic hydroxyl groups is 1. The lowest BCUT2D eigenvalue weighted by Gasteiger charge is -2.15. The minimum Gasteiger partial charge on any atom is -0.394 e. The first kappa shape index (κ1) is 17.3. The highest BCUT2D eigenvalue weighted by Gasteiger charge is 2.28. The number of ether oxygens (including phenoxy) is 1. The molecule has 0 unspecified atom stereocenters. The molecule has 2 aromatic heterocycles. The quantitative estimate of drug-likeness (QED) is 0.551. The van der Waals surface area contributed by atoms with Gasteiger partial charge >= 0.3 is 5.69 Å². The molecule has 1 saturated heterocycles. The molecule has 27 heavy (non-hydrogen) atoms. The van der Waals surface area contributed by atoms with Crippen molar-refractivity contribution in [2.75, 3.05) is 6.61 Å². The Hall–Kier alpha value is -3.11. The second-order valence-corrected chi connectivity index (χ2v) is 6.26. The summed E-state index contributed by atoms with van der Waals surface area (Å²) in [5, 5.41) is 19.9. The number of nitrogens with zero attached hydrogens (tertiary/aromatic N) is 4. The van der Waals surface area contributed by atoms with Gasteiger partial charge in [-0.1, -0.05) is 0 Å². The minimum atomic E-state index is -0.696. The predicted octanol–water partition coefficient (Wildman–Crippen LogP) is 1.88. The molecule has 0 amide bonds. The van der Waals surface area contributed by atoms with Crippen molar-refractivity contribution in [3.8, 4) is 11.3 Å². The van der Waals surface area contributed by atoms with E-state index in [0.717, 1.165) is 15.2 Å². The van der Waals surface area contributed by atoms with E-state index >= 15 is 0 Å². The molecule has 1 aliphatic rings. The summed E-state index contributed by atoms with van der Waals surface area (Å²) in [4.78, 5) is 27.1. The molecule has 1 fully saturated rings. The van der Waals surface area contributed by atoms with Crippen molar-refractivity contribution in [2.24, 2.45) is 0 Å². The molecule has 0 saturated carbocycles. The fourth-order valence-corrected chi connectivity index (χ4v) is 3.18. The van der Waals surface area contributed by atoms with Crippen LogP contribution in [0.4, 0.5) is 10.1 Å². The highest BCUT2D eigenvalue weighted by atomic mass is 19.1. The number of aliphatic hydroxyl groups excluding tert-OH is 1. The topological polar surface area (TPSA) is 112 Å². The molecule has 0 bridgehead atoms. The lowest BCUT2D eigenvalue weighted by molar-refractivity contribution is -0.384. The normalized spacial score (nSPS) is 19.6. The molecule has 3 heterocycles. The van der Waals surface area contributed by atoms with Gasteiger partial charge in [-0.15, -0.1) is 0 Å². The van der Waals surface area contributed by atoms with Crippen LogP contribution >= 0.6 is 0 Å². The van der Waals surface area contributed by atoms with Crippen LogP contribution in [0.2, 0.25) is 0 Å². The first-order chi connectivity index (χ1) is 13.0. The molecule has 10 heteroatoms. The van der Waals surface area contributed by atoms with Crippen LogP contribution in [0, 0.1) is 15.9 Å². The van der Waals surface area contributed by atoms with Gasteiger partial charge in [0, 0.05) is 23.9 Å². The number of hydrogen-bond donors (Lipinski definition) is 1. The summed E-state index contributed by atoms with van der Waals surface area (Å²) in [6.45, 7) is -0.161. The van der Waals surface area contributed by atoms with Gasteiger partial charge < -0.3 is 9.84 Å². The van der Waals surface area contributed by atoms with Crippen molar-refractivity contribution in [3.05, 3.63) is 63.1 Å². The fraction of sp³-hybridized carbons (Fsp3) is 0.294. The number of nitro benzene ring substituents is 1. The third kappa shape index (κ3) is 2.98. The first-order valence-corrected chi connectivity index (χ1v) is 8.29. The van der Waals surface area contributed by atoms with Crippen LogP contribution in [0.3, 0.4) is 0 Å². The van der Waals surface area contributed by atoms with Crippen molar-refractivity contribution < 1.29 is 19.2 Å². The van der Waals surface area contributed by atoms with Gasteiger partial charge in [-0.2, -0.15) is 0 Å². The Kier molecular flexibility index (Phi) is 4.21. The van der Waals surface area contributed by atoms with E-state index in [-0.39, 0.29) is 24.0 Å². The standard InChI is InChI=1S/C17H15FN4O5/c18-13-7-20(15-6-5-12(9-23)27-15)17(24)21-8-14(19-16(13)21)10-1-3-11(4-2-10)22(25)26/h1-4,7-8,12,15,23H,5-6,9H2/t12-,15-/m1/s1. The number of fused-ring (bicyclic) bond motifs is 1. The summed E-state index contributed by atoms with van der Waals surface area (Å²) >= 11 is 0. The van der Waals surface area contributed by atoms with Crippen LogP contribution in [0.5, 0.6) is 0 Å². The molecule has 0 aliphatic carbocycles. The summed E-state index contributed by atoms with van der Waals surface area (Å²) in [6, 6.07) is 5.61. The molecular weight excluding hydrogens is 359 g/mol. The largest absolute Gasteiger partial charge is 0.394 e. The monoisotopic (exact) mass is 374 g/mol. The summed E-state index contributed by atoms with van der Waals surface area (Å²) < 4.78 is 22.3. The van der Waals surface area contributed by atoms with Gasteiger partial charge in [0.25, 0.3) is 5.69 Å². The molecule has 9 nitrogen and oxygen atoms in total. The van der Waals surface area contributed by atoms with Crippen LogP contribution in [0.1, 0.15) is 19.1 Å². The van der Waals surface area contributed by atoms with E-state index in [0.29, 0.717) is 24.1 Å². The first-order valence-electron chi connectivity index (χ1n) is 8.29. The zero-order valence-corrected chi connectivity index (χ0v) is 14.0. The summed E-state index contributed by atoms with van der Waals surface area (Å²) in [6.07, 6.45) is 2.47. The Labute approximate surface area is 151 Å². The van der Waals surface area contributed by atoms with Crippen molar-refractivity contribution in [1.82, 2.24) is 14.0 Å². The maximum absolute atomic E-state index is 14.5. The van der Waals surface area contributed by atoms with Gasteiger partial charge in [-0.05, 0) is 25.0 Å². The summed E-state index contributed by atoms with van der Waals surface area (Å²) in [7, 11) is 0. The van der Waals surface area contributed by atoms with Crippen LogP contribution in [-0.2, 0) is 4.74 Å². The van der Waals surface area contributed by atoms with Gasteiger partial charge in [0.2, 0.25) is 0 Å². The van der Waals surface area contributed by atoms with Crippen LogP contribution in [-0.4, -0.2) is 36.7 Å². The molecule has 4 rings (SSSR count). The molecule has 1 aromatic carbocycles. The van der Waals surface area contributed by atoms with Gasteiger partial charge in [0.05, 0.1) is 29.5 Å². The van der Waals surface area contributed by atoms with Crippen molar-refractivity contribution >= 4 is 11.3 Å². The molecule has 1 aliphatic heterocycles. The molecule has 140 valence electrons. The van der Waals surface area contributed by atoms with E-state index < -0.39 is 22.7 Å². The number of hydrogen-bond acceptors (Lipinski definition) is 6. The lowest BCUT2D eigenvalue weighted by Crippen LogP contribution is -2.30. The number of non-ortho nitro benzene ring substituents is 1. The lowest BCUT2D eigenvalue weighted by atomic mass is 10.1. The van der Waals surface area contributed by atoms with Gasteiger partial charge in [0.1, 0.15) is 6.23 Å². The molecule has 2 atom stereocenters. The maximum Gasteiger partial charge on any atom is 0.336 e. The third-order valence-electron chi connectivity index (χ3n) is 4.57. The Morgan fingerprint density at radius 2 is 2.04 bits per heavy atom. The number of nitro groups is 1. The second kappa shape index (κ2) is 6.56. The minimum absolute atomic E-state index is 0.0760. The van der Waals surface area contributed by atoms with Crippen molar-refractivity contribution in [3.63, 3.8) is 0 Å². The average Bonchev–Trinajstić information content (AvgIpc) is 3.32. The Morgan fingerprint density at radius 1 is 1.30 bits per heavy atom. The SMILES string of the molecule is O=c1n([C@H]2CC[C@H](CO)O2)cc(F)c2nc(-c3ccc([N+](=O)[O-])cc3)cn12. The Morgan fingerprint density at radius 3 is 2.67 bits per heavy atom. The molecule has 1 N–H and O–H groups in total. The number of imidazole rings is 1. The van der Waals surface area contributed by atoms with Crippen LogP contribution < -0.4 is 5.69 Å². The Bertz CT molecular complexity index is 1080. The maximum atomic E-state index is 14.5. The van der Waals surface area contributed by atoms with E-state index in [9.17, 15) is 19.3 Å². The number of aromatic nitrogens is 3. The highest BCUT2D eigenvalue weighted by molar-refractivity contribution is 5.64. The number of benzene rings is 1. The van der Waals surface area contributed by atoms with E-state index in [2.05, 4.69) is 4.98 Å².